The highest BCUT2D eigenvalue weighted by atomic mass is 35.5. The van der Waals surface area contributed by atoms with E-state index in [1.54, 1.807) is 45.3 Å². The summed E-state index contributed by atoms with van der Waals surface area (Å²) in [7, 11) is 0. The summed E-state index contributed by atoms with van der Waals surface area (Å²) in [5, 5.41) is 3.18. The maximum atomic E-state index is 12.6. The second-order valence-electron chi connectivity index (χ2n) is 13.4. The summed E-state index contributed by atoms with van der Waals surface area (Å²) in [5.41, 5.74) is 7.63. The number of halogens is 3. The number of anilines is 1. The highest BCUT2D eigenvalue weighted by Gasteiger charge is 2.25. The molecule has 6 aromatic rings. The number of ether oxygens (including phenoxy) is 2. The largest absolute Gasteiger partial charge is 0.455 e. The summed E-state index contributed by atoms with van der Waals surface area (Å²) < 4.78 is 13.0. The lowest BCUT2D eigenvalue weighted by atomic mass is 10.2. The Hall–Kier alpha value is -4.05. The molecule has 53 heavy (non-hydrogen) atoms. The number of carbonyl (C=O) groups excluding carboxylic acids is 2. The normalized spacial score (nSPS) is 12.5. The molecular weight excluding hydrogens is 779 g/mol. The summed E-state index contributed by atoms with van der Waals surface area (Å²) in [6.45, 7) is 14.7. The Balaban J connectivity index is 0.000000200. The second-order valence-corrected chi connectivity index (χ2v) is 17.1. The zero-order valence-electron chi connectivity index (χ0n) is 30.3. The average Bonchev–Trinajstić information content (AvgIpc) is 3.64. The van der Waals surface area contributed by atoms with E-state index in [1.165, 1.54) is 22.7 Å². The number of hydrogen-bond donors (Lipinski definition) is 2. The molecule has 17 heteroatoms. The molecule has 6 aromatic heterocycles. The monoisotopic (exact) mass is 816 g/mol. The summed E-state index contributed by atoms with van der Waals surface area (Å²) in [4.78, 5) is 49.8. The molecule has 6 heterocycles. The Morgan fingerprint density at radius 2 is 1.19 bits per heavy atom. The Morgan fingerprint density at radius 1 is 0.717 bits per heavy atom. The van der Waals surface area contributed by atoms with E-state index in [4.69, 9.17) is 50.0 Å². The van der Waals surface area contributed by atoms with Crippen molar-refractivity contribution in [2.24, 2.45) is 5.73 Å². The first kappa shape index (κ1) is 41.7. The lowest BCUT2D eigenvalue weighted by Gasteiger charge is -2.19. The molecule has 0 spiro atoms. The molecule has 0 amide bonds. The van der Waals surface area contributed by atoms with Crippen LogP contribution in [-0.4, -0.2) is 53.0 Å². The van der Waals surface area contributed by atoms with Crippen molar-refractivity contribution in [3.8, 4) is 0 Å². The summed E-state index contributed by atoms with van der Waals surface area (Å²) in [6.07, 6.45) is 3.47. The van der Waals surface area contributed by atoms with Crippen molar-refractivity contribution >= 4 is 95.8 Å². The maximum absolute atomic E-state index is 12.6. The molecule has 12 nitrogen and oxygen atoms in total. The van der Waals surface area contributed by atoms with Gasteiger partial charge in [0.05, 0.1) is 46.5 Å². The molecule has 0 radical (unpaired) electrons. The zero-order chi connectivity index (χ0) is 39.1. The fraction of sp³-hybridized carbons (Fsp3) is 0.333. The van der Waals surface area contributed by atoms with Crippen molar-refractivity contribution < 1.29 is 19.1 Å². The van der Waals surface area contributed by atoms with Crippen LogP contribution in [-0.2, 0) is 9.47 Å². The Bertz CT molecular complexity index is 2170. The summed E-state index contributed by atoms with van der Waals surface area (Å²) in [6, 6.07) is 14.7. The van der Waals surface area contributed by atoms with Crippen LogP contribution in [0.1, 0.15) is 99.8 Å². The van der Waals surface area contributed by atoms with E-state index in [1.807, 2.05) is 71.0 Å². The number of fused-ring (bicyclic) bond motifs is 2. The Morgan fingerprint density at radius 3 is 1.62 bits per heavy atom. The molecular formula is C36H39Cl3N8O4S2. The number of rotatable bonds is 6. The van der Waals surface area contributed by atoms with Crippen LogP contribution in [0.15, 0.2) is 60.9 Å². The molecule has 0 aliphatic rings. The van der Waals surface area contributed by atoms with Crippen molar-refractivity contribution in [1.29, 1.82) is 0 Å². The van der Waals surface area contributed by atoms with Gasteiger partial charge in [-0.1, -0.05) is 35.3 Å². The van der Waals surface area contributed by atoms with Gasteiger partial charge in [0, 0.05) is 18.4 Å². The first-order valence-electron chi connectivity index (χ1n) is 16.2. The van der Waals surface area contributed by atoms with Gasteiger partial charge < -0.3 is 20.5 Å². The number of hydrogen-bond acceptors (Lipinski definition) is 14. The van der Waals surface area contributed by atoms with E-state index in [9.17, 15) is 9.59 Å². The third kappa shape index (κ3) is 12.5. The van der Waals surface area contributed by atoms with Crippen LogP contribution in [0.2, 0.25) is 14.0 Å². The van der Waals surface area contributed by atoms with Gasteiger partial charge in [-0.2, -0.15) is 0 Å². The van der Waals surface area contributed by atoms with Crippen LogP contribution in [0.3, 0.4) is 0 Å². The van der Waals surface area contributed by atoms with Crippen LogP contribution < -0.4 is 11.1 Å². The van der Waals surface area contributed by atoms with Crippen LogP contribution >= 0.6 is 57.5 Å². The van der Waals surface area contributed by atoms with E-state index in [2.05, 4.69) is 35.2 Å². The van der Waals surface area contributed by atoms with Gasteiger partial charge in [-0.3, -0.25) is 9.97 Å². The van der Waals surface area contributed by atoms with Gasteiger partial charge in [-0.25, -0.2) is 29.5 Å². The molecule has 0 fully saturated rings. The molecule has 0 aliphatic heterocycles. The Labute approximate surface area is 330 Å². The fourth-order valence-corrected chi connectivity index (χ4v) is 6.76. The van der Waals surface area contributed by atoms with Gasteiger partial charge in [0.1, 0.15) is 11.2 Å². The summed E-state index contributed by atoms with van der Waals surface area (Å²) >= 11 is 20.3. The lowest BCUT2D eigenvalue weighted by molar-refractivity contribution is 0.00532. The average molecular weight is 818 g/mol. The second kappa shape index (κ2) is 17.9. The quantitative estimate of drug-likeness (QED) is 0.121. The third-order valence-electron chi connectivity index (χ3n) is 6.47. The summed E-state index contributed by atoms with van der Waals surface area (Å²) in [5.74, 6) is -0.710. The van der Waals surface area contributed by atoms with Gasteiger partial charge in [0.2, 0.25) is 11.2 Å². The van der Waals surface area contributed by atoms with Gasteiger partial charge in [0.25, 0.3) is 0 Å². The maximum Gasteiger partial charge on any atom is 0.359 e. The number of aromatic nitrogens is 6. The van der Waals surface area contributed by atoms with Crippen molar-refractivity contribution in [2.75, 3.05) is 5.32 Å². The van der Waals surface area contributed by atoms with Crippen molar-refractivity contribution in [2.45, 2.75) is 78.7 Å². The molecule has 2 atom stereocenters. The molecule has 3 N–H and O–H groups in total. The molecule has 0 bridgehead atoms. The minimum absolute atomic E-state index is 0.00201. The molecule has 6 rings (SSSR count). The van der Waals surface area contributed by atoms with Gasteiger partial charge in [0.15, 0.2) is 11.4 Å². The molecule has 0 unspecified atom stereocenters. The highest BCUT2D eigenvalue weighted by Crippen LogP contribution is 2.33. The molecule has 0 saturated carbocycles. The van der Waals surface area contributed by atoms with E-state index >= 15 is 0 Å². The minimum Gasteiger partial charge on any atom is -0.455 e. The number of nitrogens with two attached hydrogens (primary N) is 1. The number of esters is 2. The molecule has 0 aliphatic carbocycles. The van der Waals surface area contributed by atoms with Crippen molar-refractivity contribution in [3.05, 3.63) is 97.7 Å². The molecule has 0 aromatic carbocycles. The lowest BCUT2D eigenvalue weighted by Crippen LogP contribution is -2.25. The standard InChI is InChI=1S/C18H19ClN4O2S.C11H10Cl2N2O2S.C7H10N2/c1-10(11-7-5-6-8-20-11)21-17-22-12-9-13(19)26-15(12)14(23-17)16(24)25-18(2,3)4;1-11(2,3)17-9(16)7-8-5(4-6(12)18-8)14-10(13)15-7;1-6(8)7-4-2-3-5-9-7/h5-10H,1-4H3,(H,21,22,23);4H,1-3H3;2-6H,8H2,1H3/t10-;;6-/m0.0/s1. The third-order valence-corrected chi connectivity index (χ3v) is 9.16. The fourth-order valence-electron chi connectivity index (χ4n) is 4.31. The van der Waals surface area contributed by atoms with E-state index in [0.717, 1.165) is 11.4 Å². The van der Waals surface area contributed by atoms with Crippen molar-refractivity contribution in [3.63, 3.8) is 0 Å². The van der Waals surface area contributed by atoms with Gasteiger partial charge in [-0.15, -0.1) is 22.7 Å². The first-order valence-corrected chi connectivity index (χ1v) is 19.0. The number of carbonyl (C=O) groups is 2. The number of thiophene rings is 2. The Kier molecular flexibility index (Phi) is 14.0. The predicted molar refractivity (Wildman–Crippen MR) is 213 cm³/mol. The van der Waals surface area contributed by atoms with E-state index < -0.39 is 23.1 Å². The zero-order valence-corrected chi connectivity index (χ0v) is 34.2. The van der Waals surface area contributed by atoms with E-state index in [0.29, 0.717) is 35.1 Å². The molecule has 0 saturated heterocycles. The van der Waals surface area contributed by atoms with Gasteiger partial charge >= 0.3 is 11.9 Å². The number of pyridine rings is 2. The topological polar surface area (TPSA) is 168 Å². The van der Waals surface area contributed by atoms with Crippen LogP contribution in [0.4, 0.5) is 5.95 Å². The number of nitrogens with zero attached hydrogens (tertiary/aromatic N) is 6. The van der Waals surface area contributed by atoms with Crippen molar-refractivity contribution in [1.82, 2.24) is 29.9 Å². The van der Waals surface area contributed by atoms with Crippen LogP contribution in [0.5, 0.6) is 0 Å². The number of nitrogens with one attached hydrogen (secondary N) is 1. The molecule has 280 valence electrons. The first-order chi connectivity index (χ1) is 24.8. The van der Waals surface area contributed by atoms with E-state index in [-0.39, 0.29) is 28.8 Å². The van der Waals surface area contributed by atoms with Crippen LogP contribution in [0.25, 0.3) is 20.4 Å². The van der Waals surface area contributed by atoms with Crippen LogP contribution in [0, 0.1) is 0 Å². The smallest absolute Gasteiger partial charge is 0.359 e. The van der Waals surface area contributed by atoms with Gasteiger partial charge in [-0.05, 0) is 103 Å². The minimum atomic E-state index is -0.621. The predicted octanol–water partition coefficient (Wildman–Crippen LogP) is 9.92. The highest BCUT2D eigenvalue weighted by molar-refractivity contribution is 7.23. The SMILES string of the molecule is CC(C)(C)OC(=O)c1nc(Cl)nc2cc(Cl)sc12.C[C@H](N)c1ccccn1.C[C@H](Nc1nc(C(=O)OC(C)(C)C)c2sc(Cl)cc2n1)c1ccccn1.